The van der Waals surface area contributed by atoms with Crippen LogP contribution >= 0.6 is 0 Å². The molecule has 2 bridgehead atoms. The molecule has 2 aliphatic carbocycles. The summed E-state index contributed by atoms with van der Waals surface area (Å²) in [4.78, 5) is 22.0. The van der Waals surface area contributed by atoms with E-state index in [0.717, 1.165) is 43.4 Å². The zero-order valence-corrected chi connectivity index (χ0v) is 19.3. The van der Waals surface area contributed by atoms with Crippen molar-refractivity contribution >= 4 is 6.09 Å². The van der Waals surface area contributed by atoms with Crippen LogP contribution in [-0.2, 0) is 16.6 Å². The van der Waals surface area contributed by atoms with Crippen molar-refractivity contribution in [3.05, 3.63) is 65.5 Å². The number of rotatable bonds is 2. The number of piperidine rings is 1. The standard InChI is InChI=1S/C27H29N3O4/c1-29-13-10-27-18-7-9-22(25(27)34-24-21(31)8-6-16(23(24)27)14-20(18)29)33-26(32)30-12-3-5-19(30)17-4-2-11-28-15-17/h2,4,6-9,11,15,18-20,22,25,31H,3,5,10,12-14H2,1H3/t18-,19-,20+,22-,25-,27-/m0/s1. The highest BCUT2D eigenvalue weighted by Gasteiger charge is 2.65. The summed E-state index contributed by atoms with van der Waals surface area (Å²) in [5.41, 5.74) is 3.16. The van der Waals surface area contributed by atoms with Gasteiger partial charge in [0.05, 0.1) is 6.04 Å². The first-order valence-electron chi connectivity index (χ1n) is 12.4. The van der Waals surface area contributed by atoms with Gasteiger partial charge in [0.1, 0.15) is 6.10 Å². The van der Waals surface area contributed by atoms with Crippen LogP contribution in [0.2, 0.25) is 0 Å². The van der Waals surface area contributed by atoms with Gasteiger partial charge in [0.15, 0.2) is 17.6 Å². The van der Waals surface area contributed by atoms with Crippen LogP contribution in [0.3, 0.4) is 0 Å². The number of aromatic hydroxyl groups is 1. The number of nitrogens with zero attached hydrogens (tertiary/aromatic N) is 3. The monoisotopic (exact) mass is 459 g/mol. The van der Waals surface area contributed by atoms with Gasteiger partial charge in [-0.05, 0) is 68.6 Å². The predicted molar refractivity (Wildman–Crippen MR) is 125 cm³/mol. The molecule has 1 spiro atoms. The molecule has 34 heavy (non-hydrogen) atoms. The van der Waals surface area contributed by atoms with E-state index in [1.54, 1.807) is 12.3 Å². The molecule has 6 atom stereocenters. The highest BCUT2D eigenvalue weighted by atomic mass is 16.6. The van der Waals surface area contributed by atoms with Crippen LogP contribution in [0.5, 0.6) is 11.5 Å². The van der Waals surface area contributed by atoms with E-state index in [9.17, 15) is 9.90 Å². The number of carbonyl (C=O) groups is 1. The molecule has 5 aliphatic rings. The van der Waals surface area contributed by atoms with E-state index in [0.29, 0.717) is 18.3 Å². The molecule has 2 saturated heterocycles. The molecule has 4 heterocycles. The number of likely N-dealkylation sites (N-methyl/N-ethyl adjacent to an activating group) is 1. The summed E-state index contributed by atoms with van der Waals surface area (Å²) >= 11 is 0. The summed E-state index contributed by atoms with van der Waals surface area (Å²) in [5, 5.41) is 10.7. The van der Waals surface area contributed by atoms with E-state index in [1.165, 1.54) is 5.56 Å². The zero-order valence-electron chi connectivity index (χ0n) is 19.3. The van der Waals surface area contributed by atoms with Gasteiger partial charge in [-0.1, -0.05) is 18.2 Å². The highest BCUT2D eigenvalue weighted by Crippen LogP contribution is 2.62. The second-order valence-electron chi connectivity index (χ2n) is 10.4. The van der Waals surface area contributed by atoms with Gasteiger partial charge in [0, 0.05) is 41.9 Å². The van der Waals surface area contributed by atoms with Gasteiger partial charge in [-0.25, -0.2) is 4.79 Å². The van der Waals surface area contributed by atoms with Gasteiger partial charge < -0.3 is 24.4 Å². The van der Waals surface area contributed by atoms with E-state index >= 15 is 0 Å². The van der Waals surface area contributed by atoms with Crippen molar-refractivity contribution in [2.24, 2.45) is 5.92 Å². The molecule has 0 unspecified atom stereocenters. The highest BCUT2D eigenvalue weighted by molar-refractivity contribution is 5.70. The molecule has 3 aliphatic heterocycles. The Morgan fingerprint density at radius 2 is 2.18 bits per heavy atom. The van der Waals surface area contributed by atoms with E-state index in [-0.39, 0.29) is 35.3 Å². The molecule has 1 amide bonds. The Morgan fingerprint density at radius 3 is 3.03 bits per heavy atom. The van der Waals surface area contributed by atoms with Crippen LogP contribution in [0, 0.1) is 5.92 Å². The fourth-order valence-electron chi connectivity index (χ4n) is 7.41. The lowest BCUT2D eigenvalue weighted by atomic mass is 9.53. The molecule has 1 aromatic carbocycles. The SMILES string of the molecule is CN1CC[C@]23c4c5ccc(O)c4O[C@H]2[C@@H](OC(=O)N2CCC[C@H]2c2cccnc2)C=C[C@H]3[C@H]1C5. The summed E-state index contributed by atoms with van der Waals surface area (Å²) < 4.78 is 12.7. The van der Waals surface area contributed by atoms with Crippen LogP contribution < -0.4 is 4.74 Å². The van der Waals surface area contributed by atoms with Crippen LogP contribution in [0.25, 0.3) is 0 Å². The molecule has 2 aromatic rings. The minimum absolute atomic E-state index is 0.0144. The fraction of sp³-hybridized carbons (Fsp3) is 0.481. The number of hydrogen-bond donors (Lipinski definition) is 1. The van der Waals surface area contributed by atoms with Crippen LogP contribution in [0.15, 0.2) is 48.8 Å². The molecule has 0 radical (unpaired) electrons. The first-order chi connectivity index (χ1) is 16.6. The minimum Gasteiger partial charge on any atom is -0.504 e. The second kappa shape index (κ2) is 7.22. The Morgan fingerprint density at radius 1 is 1.26 bits per heavy atom. The van der Waals surface area contributed by atoms with Gasteiger partial charge in [-0.3, -0.25) is 4.98 Å². The third-order valence-corrected chi connectivity index (χ3v) is 8.92. The lowest BCUT2D eigenvalue weighted by Crippen LogP contribution is -2.65. The summed E-state index contributed by atoms with van der Waals surface area (Å²) in [6.07, 6.45) is 10.4. The van der Waals surface area contributed by atoms with E-state index in [4.69, 9.17) is 9.47 Å². The maximum absolute atomic E-state index is 13.4. The van der Waals surface area contributed by atoms with Crippen molar-refractivity contribution in [1.82, 2.24) is 14.8 Å². The predicted octanol–water partition coefficient (Wildman–Crippen LogP) is 3.57. The summed E-state index contributed by atoms with van der Waals surface area (Å²) in [5.74, 6) is 1.05. The van der Waals surface area contributed by atoms with Crippen molar-refractivity contribution in [3.63, 3.8) is 0 Å². The fourth-order valence-corrected chi connectivity index (χ4v) is 7.41. The molecule has 1 N–H and O–H groups in total. The molecule has 176 valence electrons. The van der Waals surface area contributed by atoms with Gasteiger partial charge in [0.25, 0.3) is 0 Å². The van der Waals surface area contributed by atoms with Crippen LogP contribution in [0.1, 0.15) is 42.0 Å². The second-order valence-corrected chi connectivity index (χ2v) is 10.4. The van der Waals surface area contributed by atoms with Gasteiger partial charge >= 0.3 is 6.09 Å². The van der Waals surface area contributed by atoms with Gasteiger partial charge in [-0.2, -0.15) is 0 Å². The zero-order chi connectivity index (χ0) is 23.0. The number of phenols is 1. The lowest BCUT2D eigenvalue weighted by Gasteiger charge is -2.56. The molecular formula is C27H29N3O4. The average Bonchev–Trinajstić information content (AvgIpc) is 3.48. The maximum atomic E-state index is 13.4. The smallest absolute Gasteiger partial charge is 0.411 e. The Bertz CT molecular complexity index is 1180. The van der Waals surface area contributed by atoms with Crippen molar-refractivity contribution in [2.75, 3.05) is 20.1 Å². The average molecular weight is 460 g/mol. The lowest BCUT2D eigenvalue weighted by molar-refractivity contribution is -0.0554. The normalized spacial score (nSPS) is 35.1. The number of aromatic nitrogens is 1. The molecule has 7 rings (SSSR count). The number of hydrogen-bond acceptors (Lipinski definition) is 6. The Labute approximate surface area is 199 Å². The summed E-state index contributed by atoms with van der Waals surface area (Å²) in [6, 6.07) is 8.09. The quantitative estimate of drug-likeness (QED) is 0.692. The topological polar surface area (TPSA) is 75.1 Å². The molecular weight excluding hydrogens is 430 g/mol. The van der Waals surface area contributed by atoms with Gasteiger partial charge in [-0.15, -0.1) is 0 Å². The Hall–Kier alpha value is -3.06. The summed E-state index contributed by atoms with van der Waals surface area (Å²) in [7, 11) is 2.20. The molecule has 0 saturated carbocycles. The first-order valence-corrected chi connectivity index (χ1v) is 12.4. The maximum Gasteiger partial charge on any atom is 0.411 e. The first kappa shape index (κ1) is 20.3. The van der Waals surface area contributed by atoms with Crippen molar-refractivity contribution in [2.45, 2.75) is 55.4 Å². The number of likely N-dealkylation sites (tertiary alicyclic amines) is 2. The van der Waals surface area contributed by atoms with Crippen molar-refractivity contribution in [3.8, 4) is 11.5 Å². The summed E-state index contributed by atoms with van der Waals surface area (Å²) in [6.45, 7) is 1.63. The van der Waals surface area contributed by atoms with Crippen LogP contribution in [-0.4, -0.2) is 64.4 Å². The number of benzene rings is 1. The Kier molecular flexibility index (Phi) is 4.31. The minimum atomic E-state index is -0.499. The van der Waals surface area contributed by atoms with Crippen molar-refractivity contribution < 1.29 is 19.4 Å². The van der Waals surface area contributed by atoms with E-state index in [2.05, 4.69) is 23.0 Å². The van der Waals surface area contributed by atoms with E-state index in [1.807, 2.05) is 35.4 Å². The largest absolute Gasteiger partial charge is 0.504 e. The number of ether oxygens (including phenoxy) is 2. The number of amides is 1. The number of carbonyl (C=O) groups excluding carboxylic acids is 1. The Balaban J connectivity index is 1.23. The number of pyridine rings is 1. The number of phenolic OH excluding ortho intramolecular Hbond substituents is 1. The molecule has 1 aromatic heterocycles. The molecule has 2 fully saturated rings. The molecule has 7 heteroatoms. The third kappa shape index (κ3) is 2.62. The third-order valence-electron chi connectivity index (χ3n) is 8.92. The van der Waals surface area contributed by atoms with Crippen molar-refractivity contribution in [1.29, 1.82) is 0 Å². The van der Waals surface area contributed by atoms with Gasteiger partial charge in [0.2, 0.25) is 0 Å². The molecule has 7 nitrogen and oxygen atoms in total. The van der Waals surface area contributed by atoms with Crippen LogP contribution in [0.4, 0.5) is 4.79 Å². The van der Waals surface area contributed by atoms with E-state index < -0.39 is 6.10 Å².